The third-order valence-corrected chi connectivity index (χ3v) is 0.625. The van der Waals surface area contributed by atoms with E-state index >= 15 is 0 Å². The van der Waals surface area contributed by atoms with Crippen LogP contribution in [0.5, 0.6) is 0 Å². The normalized spacial score (nSPS) is 11.5. The van der Waals surface area contributed by atoms with E-state index < -0.39 is 5.97 Å². The average molecular weight is 113 g/mol. The number of carbonyl (C=O) groups is 1. The fourth-order valence-electron chi connectivity index (χ4n) is 0.262. The molecule has 0 heterocycles. The Morgan fingerprint density at radius 1 is 1.88 bits per heavy atom. The molecular weight excluding hydrogens is 104 g/mol. The second-order valence-electron chi connectivity index (χ2n) is 1.65. The molecule has 45 valence electrons. The Kier molecular flexibility index (Phi) is 2.92. The van der Waals surface area contributed by atoms with Gasteiger partial charge in [0.25, 0.3) is 0 Å². The minimum atomic E-state index is -0.812. The van der Waals surface area contributed by atoms with Crippen LogP contribution in [0.3, 0.4) is 0 Å². The summed E-state index contributed by atoms with van der Waals surface area (Å²) in [6.07, 6.45) is 1.65. The third kappa shape index (κ3) is 5.21. The largest absolute Gasteiger partial charge is 0.481 e. The molecule has 0 bridgehead atoms. The molecule has 8 heavy (non-hydrogen) atoms. The summed E-state index contributed by atoms with van der Waals surface area (Å²) in [6.45, 7) is 5.28. The smallest absolute Gasteiger partial charge is 0.307 e. The lowest BCUT2D eigenvalue weighted by molar-refractivity contribution is -0.136. The van der Waals surface area contributed by atoms with Crippen molar-refractivity contribution in [3.05, 3.63) is 18.6 Å². The Morgan fingerprint density at radius 2 is 2.38 bits per heavy atom. The maximum atomic E-state index is 9.83. The second kappa shape index (κ2) is 3.24. The number of rotatable bonds is 2. The standard InChI is InChI=1S/C6H9O2/c1-5(2)3-4-6(7)8/h3H,1,4H2,2H3,(H,7,8). The second-order valence-corrected chi connectivity index (χ2v) is 1.65. The van der Waals surface area contributed by atoms with E-state index in [-0.39, 0.29) is 6.42 Å². The van der Waals surface area contributed by atoms with E-state index in [1.54, 1.807) is 13.0 Å². The molecule has 0 aliphatic carbocycles. The van der Waals surface area contributed by atoms with Crippen molar-refractivity contribution in [2.75, 3.05) is 0 Å². The van der Waals surface area contributed by atoms with Crippen molar-refractivity contribution in [3.63, 3.8) is 0 Å². The van der Waals surface area contributed by atoms with E-state index in [1.165, 1.54) is 0 Å². The zero-order valence-corrected chi connectivity index (χ0v) is 4.85. The molecule has 1 N–H and O–H groups in total. The Bertz CT molecular complexity index is 110. The first-order valence-electron chi connectivity index (χ1n) is 2.33. The highest BCUT2D eigenvalue weighted by atomic mass is 16.4. The van der Waals surface area contributed by atoms with Crippen LogP contribution in [0.4, 0.5) is 0 Å². The third-order valence-electron chi connectivity index (χ3n) is 0.625. The van der Waals surface area contributed by atoms with Crippen molar-refractivity contribution in [2.45, 2.75) is 13.3 Å². The summed E-state index contributed by atoms with van der Waals surface area (Å²) < 4.78 is 0. The molecule has 2 heteroatoms. The van der Waals surface area contributed by atoms with Crippen molar-refractivity contribution < 1.29 is 9.90 Å². The molecule has 0 aromatic carbocycles. The fourth-order valence-corrected chi connectivity index (χ4v) is 0.262. The molecular formula is C6H9O2. The van der Waals surface area contributed by atoms with Gasteiger partial charge < -0.3 is 5.11 Å². The highest BCUT2D eigenvalue weighted by Crippen LogP contribution is 1.90. The monoisotopic (exact) mass is 113 g/mol. The van der Waals surface area contributed by atoms with Gasteiger partial charge in [0.1, 0.15) is 0 Å². The van der Waals surface area contributed by atoms with E-state index in [4.69, 9.17) is 5.11 Å². The van der Waals surface area contributed by atoms with Gasteiger partial charge in [-0.3, -0.25) is 4.79 Å². The Hall–Kier alpha value is -0.790. The molecule has 0 amide bonds. The first-order valence-corrected chi connectivity index (χ1v) is 2.33. The summed E-state index contributed by atoms with van der Waals surface area (Å²) in [6, 6.07) is 0. The van der Waals surface area contributed by atoms with Crippen LogP contribution in [0.15, 0.2) is 11.6 Å². The number of hydrogen-bond donors (Lipinski definition) is 1. The van der Waals surface area contributed by atoms with E-state index in [0.29, 0.717) is 0 Å². The molecule has 0 aliphatic heterocycles. The molecule has 1 radical (unpaired) electrons. The Morgan fingerprint density at radius 3 is 2.50 bits per heavy atom. The van der Waals surface area contributed by atoms with E-state index in [9.17, 15) is 4.79 Å². The first kappa shape index (κ1) is 7.21. The van der Waals surface area contributed by atoms with Crippen LogP contribution < -0.4 is 0 Å². The molecule has 0 unspecified atom stereocenters. The van der Waals surface area contributed by atoms with Gasteiger partial charge in [-0.2, -0.15) is 0 Å². The van der Waals surface area contributed by atoms with Gasteiger partial charge in [0.15, 0.2) is 0 Å². The summed E-state index contributed by atoms with van der Waals surface area (Å²) in [5.41, 5.74) is 0.799. The van der Waals surface area contributed by atoms with Gasteiger partial charge in [0, 0.05) is 0 Å². The summed E-state index contributed by atoms with van der Waals surface area (Å²) in [5, 5.41) is 8.09. The van der Waals surface area contributed by atoms with E-state index in [2.05, 4.69) is 6.92 Å². The molecule has 0 atom stereocenters. The van der Waals surface area contributed by atoms with Crippen LogP contribution in [0.1, 0.15) is 13.3 Å². The zero-order chi connectivity index (χ0) is 6.57. The molecule has 0 spiro atoms. The summed E-state index contributed by atoms with van der Waals surface area (Å²) >= 11 is 0. The maximum absolute atomic E-state index is 9.83. The minimum absolute atomic E-state index is 0.0787. The summed E-state index contributed by atoms with van der Waals surface area (Å²) in [4.78, 5) is 9.83. The molecule has 0 fully saturated rings. The van der Waals surface area contributed by atoms with Crippen LogP contribution in [0, 0.1) is 6.92 Å². The lowest BCUT2D eigenvalue weighted by Gasteiger charge is -1.84. The molecule has 0 aromatic heterocycles. The molecule has 2 nitrogen and oxygen atoms in total. The Labute approximate surface area is 48.8 Å². The van der Waals surface area contributed by atoms with Gasteiger partial charge in [0.2, 0.25) is 0 Å². The highest BCUT2D eigenvalue weighted by molar-refractivity contribution is 5.68. The first-order chi connectivity index (χ1) is 3.63. The quantitative estimate of drug-likeness (QED) is 0.585. The van der Waals surface area contributed by atoms with Crippen LogP contribution in [-0.2, 0) is 4.79 Å². The van der Waals surface area contributed by atoms with Crippen molar-refractivity contribution in [1.29, 1.82) is 0 Å². The topological polar surface area (TPSA) is 37.3 Å². The predicted octanol–water partition coefficient (Wildman–Crippen LogP) is 1.24. The van der Waals surface area contributed by atoms with Gasteiger partial charge in [-0.25, -0.2) is 0 Å². The van der Waals surface area contributed by atoms with Crippen LogP contribution in [0.25, 0.3) is 0 Å². The molecule has 0 aliphatic rings. The number of hydrogen-bond acceptors (Lipinski definition) is 1. The molecule has 0 rings (SSSR count). The number of carboxylic acid groups (broad SMARTS) is 1. The summed E-state index contributed by atoms with van der Waals surface area (Å²) in [5.74, 6) is -0.812. The number of carboxylic acids is 1. The van der Waals surface area contributed by atoms with Crippen LogP contribution >= 0.6 is 0 Å². The van der Waals surface area contributed by atoms with Gasteiger partial charge >= 0.3 is 5.97 Å². The molecule has 0 aromatic rings. The highest BCUT2D eigenvalue weighted by Gasteiger charge is 1.88. The van der Waals surface area contributed by atoms with Gasteiger partial charge in [-0.1, -0.05) is 11.6 Å². The van der Waals surface area contributed by atoms with Gasteiger partial charge in [-0.15, -0.1) is 0 Å². The van der Waals surface area contributed by atoms with Gasteiger partial charge in [-0.05, 0) is 13.8 Å². The maximum Gasteiger partial charge on any atom is 0.307 e. The lowest BCUT2D eigenvalue weighted by atomic mass is 10.3. The minimum Gasteiger partial charge on any atom is -0.481 e. The van der Waals surface area contributed by atoms with Crippen molar-refractivity contribution in [1.82, 2.24) is 0 Å². The Balaban J connectivity index is 3.45. The fraction of sp³-hybridized carbons (Fsp3) is 0.333. The predicted molar refractivity (Wildman–Crippen MR) is 31.4 cm³/mol. The van der Waals surface area contributed by atoms with Gasteiger partial charge in [0.05, 0.1) is 6.42 Å². The average Bonchev–Trinajstić information content (AvgIpc) is 1.61. The van der Waals surface area contributed by atoms with Crippen molar-refractivity contribution in [2.24, 2.45) is 0 Å². The van der Waals surface area contributed by atoms with E-state index in [1.807, 2.05) is 0 Å². The van der Waals surface area contributed by atoms with Crippen LogP contribution in [-0.4, -0.2) is 11.1 Å². The number of allylic oxidation sites excluding steroid dienone is 1. The SMILES string of the molecule is [CH2]C(C)=CCC(=O)O. The lowest BCUT2D eigenvalue weighted by Crippen LogP contribution is -1.90. The van der Waals surface area contributed by atoms with Crippen LogP contribution in [0.2, 0.25) is 0 Å². The summed E-state index contributed by atoms with van der Waals surface area (Å²) in [7, 11) is 0. The molecule has 0 saturated carbocycles. The van der Waals surface area contributed by atoms with E-state index in [0.717, 1.165) is 5.57 Å². The van der Waals surface area contributed by atoms with Crippen molar-refractivity contribution in [3.8, 4) is 0 Å². The number of aliphatic carboxylic acids is 1. The molecule has 0 saturated heterocycles. The zero-order valence-electron chi connectivity index (χ0n) is 4.85. The van der Waals surface area contributed by atoms with Crippen molar-refractivity contribution >= 4 is 5.97 Å².